The van der Waals surface area contributed by atoms with Crippen molar-refractivity contribution in [2.24, 2.45) is 5.41 Å². The van der Waals surface area contributed by atoms with E-state index in [1.165, 1.54) is 5.56 Å². The molecule has 0 bridgehead atoms. The highest BCUT2D eigenvalue weighted by molar-refractivity contribution is 5.89. The van der Waals surface area contributed by atoms with Crippen molar-refractivity contribution in [3.63, 3.8) is 0 Å². The molecule has 5 heteroatoms. The van der Waals surface area contributed by atoms with Crippen LogP contribution >= 0.6 is 0 Å². The van der Waals surface area contributed by atoms with Gasteiger partial charge in [-0.2, -0.15) is 0 Å². The van der Waals surface area contributed by atoms with E-state index < -0.39 is 0 Å². The molecule has 2 aliphatic rings. The lowest BCUT2D eigenvalue weighted by atomic mass is 9.71. The summed E-state index contributed by atoms with van der Waals surface area (Å²) in [5, 5.41) is 0. The Hall–Kier alpha value is -2.82. The van der Waals surface area contributed by atoms with Gasteiger partial charge in [0, 0.05) is 26.2 Å². The van der Waals surface area contributed by atoms with Crippen LogP contribution in [0.4, 0.5) is 0 Å². The van der Waals surface area contributed by atoms with E-state index in [4.69, 9.17) is 4.74 Å². The van der Waals surface area contributed by atoms with E-state index in [-0.39, 0.29) is 17.2 Å². The average Bonchev–Trinajstić information content (AvgIpc) is 2.74. The van der Waals surface area contributed by atoms with Crippen molar-refractivity contribution >= 4 is 11.8 Å². The number of carbonyl (C=O) groups excluding carboxylic acids is 2. The molecule has 2 fully saturated rings. The monoisotopic (exact) mass is 392 g/mol. The zero-order chi connectivity index (χ0) is 20.4. The van der Waals surface area contributed by atoms with E-state index >= 15 is 0 Å². The molecule has 0 saturated carbocycles. The lowest BCUT2D eigenvalue weighted by molar-refractivity contribution is -0.168. The van der Waals surface area contributed by atoms with Gasteiger partial charge >= 0.3 is 0 Å². The second kappa shape index (κ2) is 7.90. The third kappa shape index (κ3) is 4.00. The summed E-state index contributed by atoms with van der Waals surface area (Å²) in [6, 6.07) is 16.0. The van der Waals surface area contributed by atoms with Gasteiger partial charge < -0.3 is 14.5 Å². The number of carbonyl (C=O) groups is 2. The van der Waals surface area contributed by atoms with E-state index in [2.05, 4.69) is 6.07 Å². The van der Waals surface area contributed by atoms with Crippen LogP contribution < -0.4 is 4.74 Å². The van der Waals surface area contributed by atoms with Gasteiger partial charge in [0.05, 0.1) is 18.9 Å². The first kappa shape index (κ1) is 19.5. The number of amides is 2. The minimum atomic E-state index is -0.257. The highest BCUT2D eigenvalue weighted by atomic mass is 16.5. The minimum Gasteiger partial charge on any atom is -0.497 e. The number of hydrogen-bond donors (Lipinski definition) is 0. The van der Waals surface area contributed by atoms with Gasteiger partial charge in [0.15, 0.2) is 0 Å². The second-order valence-corrected chi connectivity index (χ2v) is 8.34. The van der Waals surface area contributed by atoms with Gasteiger partial charge in [-0.05, 0) is 43.0 Å². The highest BCUT2D eigenvalue weighted by Gasteiger charge is 2.53. The summed E-state index contributed by atoms with van der Waals surface area (Å²) >= 11 is 0. The molecule has 0 aromatic heterocycles. The Morgan fingerprint density at radius 3 is 2.41 bits per heavy atom. The Balaban J connectivity index is 1.29. The fraction of sp³-hybridized carbons (Fsp3) is 0.417. The highest BCUT2D eigenvalue weighted by Crippen LogP contribution is 2.42. The lowest BCUT2D eigenvalue weighted by Gasteiger charge is -2.52. The number of nitrogens with zero attached hydrogens (tertiary/aromatic N) is 2. The number of likely N-dealkylation sites (tertiary alicyclic amines) is 2. The fourth-order valence-electron chi connectivity index (χ4n) is 4.49. The normalized spacial score (nSPS) is 17.9. The Bertz CT molecular complexity index is 899. The summed E-state index contributed by atoms with van der Waals surface area (Å²) < 4.78 is 5.19. The van der Waals surface area contributed by atoms with Crippen LogP contribution in [0.2, 0.25) is 0 Å². The molecule has 0 atom stereocenters. The predicted octanol–water partition coefficient (Wildman–Crippen LogP) is 3.20. The second-order valence-electron chi connectivity index (χ2n) is 8.34. The molecule has 2 aromatic rings. The van der Waals surface area contributed by atoms with Crippen molar-refractivity contribution in [3.8, 4) is 5.75 Å². The van der Waals surface area contributed by atoms with Crippen molar-refractivity contribution < 1.29 is 14.3 Å². The zero-order valence-electron chi connectivity index (χ0n) is 17.2. The Kier molecular flexibility index (Phi) is 5.31. The van der Waals surface area contributed by atoms with Crippen LogP contribution in [0.3, 0.4) is 0 Å². The molecule has 4 rings (SSSR count). The van der Waals surface area contributed by atoms with E-state index in [0.717, 1.165) is 36.3 Å². The molecular formula is C24H28N2O3. The van der Waals surface area contributed by atoms with Crippen LogP contribution in [0.5, 0.6) is 5.75 Å². The van der Waals surface area contributed by atoms with Crippen molar-refractivity contribution in [2.45, 2.75) is 32.7 Å². The molecule has 2 aliphatic heterocycles. The van der Waals surface area contributed by atoms with Crippen LogP contribution in [0.25, 0.3) is 0 Å². The molecule has 0 unspecified atom stereocenters. The van der Waals surface area contributed by atoms with Gasteiger partial charge in [0.2, 0.25) is 11.8 Å². The quantitative estimate of drug-likeness (QED) is 0.735. The standard InChI is InChI=1S/C24H28N2O3/c1-18-4-3-5-20(14-18)15-22(27)25-12-10-24(11-13-25)17-26(23(24)28)16-19-6-8-21(29-2)9-7-19/h3-9,14H,10-13,15-17H2,1-2H3. The Labute approximate surface area is 172 Å². The molecule has 152 valence electrons. The molecule has 2 amide bonds. The maximum Gasteiger partial charge on any atom is 0.231 e. The summed E-state index contributed by atoms with van der Waals surface area (Å²) in [6.07, 6.45) is 1.97. The largest absolute Gasteiger partial charge is 0.497 e. The molecule has 0 N–H and O–H groups in total. The van der Waals surface area contributed by atoms with Crippen molar-refractivity contribution in [1.82, 2.24) is 9.80 Å². The fourth-order valence-corrected chi connectivity index (χ4v) is 4.49. The number of benzene rings is 2. The first-order valence-electron chi connectivity index (χ1n) is 10.2. The molecule has 2 heterocycles. The predicted molar refractivity (Wildman–Crippen MR) is 112 cm³/mol. The number of hydrogen-bond acceptors (Lipinski definition) is 3. The molecule has 1 spiro atoms. The summed E-state index contributed by atoms with van der Waals surface area (Å²) in [5.74, 6) is 1.22. The molecule has 0 radical (unpaired) electrons. The van der Waals surface area contributed by atoms with Crippen LogP contribution in [0, 0.1) is 12.3 Å². The average molecular weight is 392 g/mol. The minimum absolute atomic E-state index is 0.160. The molecule has 0 aliphatic carbocycles. The van der Waals surface area contributed by atoms with Crippen LogP contribution in [0.1, 0.15) is 29.5 Å². The molecule has 29 heavy (non-hydrogen) atoms. The Morgan fingerprint density at radius 2 is 1.79 bits per heavy atom. The first-order valence-corrected chi connectivity index (χ1v) is 10.2. The van der Waals surface area contributed by atoms with Crippen LogP contribution in [-0.4, -0.2) is 48.4 Å². The maximum absolute atomic E-state index is 12.9. The van der Waals surface area contributed by atoms with Crippen LogP contribution in [0.15, 0.2) is 48.5 Å². The third-order valence-corrected chi connectivity index (χ3v) is 6.28. The SMILES string of the molecule is COc1ccc(CN2CC3(CCN(C(=O)Cc4cccc(C)c4)CC3)C2=O)cc1. The topological polar surface area (TPSA) is 49.9 Å². The summed E-state index contributed by atoms with van der Waals surface area (Å²) in [7, 11) is 1.65. The Morgan fingerprint density at radius 1 is 1.07 bits per heavy atom. The van der Waals surface area contributed by atoms with E-state index in [1.54, 1.807) is 7.11 Å². The number of piperidine rings is 1. The van der Waals surface area contributed by atoms with E-state index in [1.807, 2.05) is 59.2 Å². The van der Waals surface area contributed by atoms with Gasteiger partial charge in [-0.15, -0.1) is 0 Å². The third-order valence-electron chi connectivity index (χ3n) is 6.28. The number of methoxy groups -OCH3 is 1. The van der Waals surface area contributed by atoms with Crippen molar-refractivity contribution in [1.29, 1.82) is 0 Å². The zero-order valence-corrected chi connectivity index (χ0v) is 17.2. The molecule has 2 aromatic carbocycles. The van der Waals surface area contributed by atoms with E-state index in [9.17, 15) is 9.59 Å². The summed E-state index contributed by atoms with van der Waals surface area (Å²) in [6.45, 7) is 4.82. The molecule has 5 nitrogen and oxygen atoms in total. The van der Waals surface area contributed by atoms with Gasteiger partial charge in [-0.25, -0.2) is 0 Å². The van der Waals surface area contributed by atoms with Gasteiger partial charge in [0.25, 0.3) is 0 Å². The number of β-lactam (4-membered cyclic amide) rings is 1. The van der Waals surface area contributed by atoms with Crippen LogP contribution in [-0.2, 0) is 22.6 Å². The summed E-state index contributed by atoms with van der Waals surface area (Å²) in [4.78, 5) is 29.4. The number of rotatable bonds is 5. The number of aryl methyl sites for hydroxylation is 1. The molecular weight excluding hydrogens is 364 g/mol. The van der Waals surface area contributed by atoms with Gasteiger partial charge in [-0.3, -0.25) is 9.59 Å². The summed E-state index contributed by atoms with van der Waals surface area (Å²) in [5.41, 5.74) is 3.08. The first-order chi connectivity index (χ1) is 14.0. The van der Waals surface area contributed by atoms with Gasteiger partial charge in [-0.1, -0.05) is 42.0 Å². The smallest absolute Gasteiger partial charge is 0.231 e. The van der Waals surface area contributed by atoms with Crippen molar-refractivity contribution in [2.75, 3.05) is 26.7 Å². The van der Waals surface area contributed by atoms with Crippen molar-refractivity contribution in [3.05, 3.63) is 65.2 Å². The maximum atomic E-state index is 12.9. The lowest BCUT2D eigenvalue weighted by Crippen LogP contribution is -2.64. The molecule has 2 saturated heterocycles. The van der Waals surface area contributed by atoms with Gasteiger partial charge in [0.1, 0.15) is 5.75 Å². The van der Waals surface area contributed by atoms with E-state index in [0.29, 0.717) is 26.1 Å². The number of ether oxygens (including phenoxy) is 1.